The van der Waals surface area contributed by atoms with E-state index >= 15 is 0 Å². The summed E-state index contributed by atoms with van der Waals surface area (Å²) < 4.78 is 5.59. The fourth-order valence-corrected chi connectivity index (χ4v) is 1.85. The highest BCUT2D eigenvalue weighted by Gasteiger charge is 2.12. The summed E-state index contributed by atoms with van der Waals surface area (Å²) >= 11 is 0. The Balaban J connectivity index is 2.64. The molecule has 1 unspecified atom stereocenters. The minimum Gasteiger partial charge on any atom is -0.494 e. The van der Waals surface area contributed by atoms with Crippen molar-refractivity contribution in [2.75, 3.05) is 20.2 Å². The maximum Gasteiger partial charge on any atom is 0.224 e. The summed E-state index contributed by atoms with van der Waals surface area (Å²) in [7, 11) is 1.84. The molecule has 1 aromatic rings. The SMILES string of the molecule is CCOc1cc(C)ccc1CNC(=O)C(C)CNC. The monoisotopic (exact) mass is 264 g/mol. The molecule has 0 bridgehead atoms. The van der Waals surface area contributed by atoms with E-state index in [9.17, 15) is 4.79 Å². The molecule has 0 saturated heterocycles. The molecule has 106 valence electrons. The number of ether oxygens (including phenoxy) is 1. The number of hydrogen-bond donors (Lipinski definition) is 2. The lowest BCUT2D eigenvalue weighted by Crippen LogP contribution is -2.34. The van der Waals surface area contributed by atoms with Crippen molar-refractivity contribution in [3.8, 4) is 5.75 Å². The smallest absolute Gasteiger partial charge is 0.224 e. The second kappa shape index (κ2) is 7.79. The van der Waals surface area contributed by atoms with Crippen molar-refractivity contribution >= 4 is 5.91 Å². The first kappa shape index (κ1) is 15.5. The average Bonchev–Trinajstić information content (AvgIpc) is 2.38. The van der Waals surface area contributed by atoms with E-state index < -0.39 is 0 Å². The molecule has 0 fully saturated rings. The van der Waals surface area contributed by atoms with Crippen molar-refractivity contribution in [2.24, 2.45) is 5.92 Å². The quantitative estimate of drug-likeness (QED) is 0.790. The van der Waals surface area contributed by atoms with Gasteiger partial charge in [-0.3, -0.25) is 4.79 Å². The van der Waals surface area contributed by atoms with Crippen LogP contribution in [0.4, 0.5) is 0 Å². The molecule has 0 aliphatic heterocycles. The largest absolute Gasteiger partial charge is 0.494 e. The highest BCUT2D eigenvalue weighted by atomic mass is 16.5. The number of carbonyl (C=O) groups is 1. The maximum absolute atomic E-state index is 11.9. The molecule has 4 nitrogen and oxygen atoms in total. The Hall–Kier alpha value is -1.55. The van der Waals surface area contributed by atoms with Crippen LogP contribution in [0.3, 0.4) is 0 Å². The molecule has 1 atom stereocenters. The van der Waals surface area contributed by atoms with E-state index in [4.69, 9.17) is 4.74 Å². The van der Waals surface area contributed by atoms with E-state index in [0.717, 1.165) is 16.9 Å². The molecule has 2 N–H and O–H groups in total. The molecule has 0 aliphatic rings. The molecule has 0 aromatic heterocycles. The van der Waals surface area contributed by atoms with Gasteiger partial charge in [0.1, 0.15) is 5.75 Å². The third-order valence-corrected chi connectivity index (χ3v) is 2.93. The number of amides is 1. The highest BCUT2D eigenvalue weighted by molar-refractivity contribution is 5.78. The van der Waals surface area contributed by atoms with E-state index in [2.05, 4.69) is 10.6 Å². The van der Waals surface area contributed by atoms with Gasteiger partial charge in [0.05, 0.1) is 6.61 Å². The lowest BCUT2D eigenvalue weighted by molar-refractivity contribution is -0.124. The van der Waals surface area contributed by atoms with Crippen molar-refractivity contribution < 1.29 is 9.53 Å². The van der Waals surface area contributed by atoms with Gasteiger partial charge in [-0.2, -0.15) is 0 Å². The Labute approximate surface area is 115 Å². The molecule has 1 aromatic carbocycles. The summed E-state index contributed by atoms with van der Waals surface area (Å²) in [5.74, 6) is 0.868. The van der Waals surface area contributed by atoms with Crippen LogP contribution in [0.15, 0.2) is 18.2 Å². The van der Waals surface area contributed by atoms with Crippen LogP contribution < -0.4 is 15.4 Å². The van der Waals surface area contributed by atoms with E-state index in [1.165, 1.54) is 0 Å². The zero-order valence-electron chi connectivity index (χ0n) is 12.2. The summed E-state index contributed by atoms with van der Waals surface area (Å²) in [6.45, 7) is 7.70. The van der Waals surface area contributed by atoms with Gasteiger partial charge in [-0.15, -0.1) is 0 Å². The number of carbonyl (C=O) groups excluding carboxylic acids is 1. The van der Waals surface area contributed by atoms with Crippen molar-refractivity contribution in [2.45, 2.75) is 27.3 Å². The first-order valence-electron chi connectivity index (χ1n) is 6.73. The lowest BCUT2D eigenvalue weighted by Gasteiger charge is -2.14. The fraction of sp³-hybridized carbons (Fsp3) is 0.533. The van der Waals surface area contributed by atoms with Gasteiger partial charge in [-0.25, -0.2) is 0 Å². The summed E-state index contributed by atoms with van der Waals surface area (Å²) in [6, 6.07) is 6.03. The molecule has 0 spiro atoms. The standard InChI is InChI=1S/C15H24N2O2/c1-5-19-14-8-11(2)6-7-13(14)10-17-15(18)12(3)9-16-4/h6-8,12,16H,5,9-10H2,1-4H3,(H,17,18). The van der Waals surface area contributed by atoms with E-state index in [1.807, 2.05) is 46.0 Å². The van der Waals surface area contributed by atoms with Crippen LogP contribution in [-0.4, -0.2) is 26.1 Å². The van der Waals surface area contributed by atoms with Crippen LogP contribution in [0.1, 0.15) is 25.0 Å². The molecule has 1 amide bonds. The zero-order valence-corrected chi connectivity index (χ0v) is 12.2. The van der Waals surface area contributed by atoms with E-state index in [-0.39, 0.29) is 11.8 Å². The molecular weight excluding hydrogens is 240 g/mol. The number of rotatable bonds is 7. The van der Waals surface area contributed by atoms with Gasteiger partial charge in [0, 0.05) is 24.6 Å². The first-order chi connectivity index (χ1) is 9.08. The van der Waals surface area contributed by atoms with Gasteiger partial charge >= 0.3 is 0 Å². The zero-order chi connectivity index (χ0) is 14.3. The summed E-state index contributed by atoms with van der Waals surface area (Å²) in [5, 5.41) is 5.94. The van der Waals surface area contributed by atoms with Crippen molar-refractivity contribution in [1.82, 2.24) is 10.6 Å². The minimum absolute atomic E-state index is 0.0361. The Morgan fingerprint density at radius 1 is 1.42 bits per heavy atom. The van der Waals surface area contributed by atoms with Crippen LogP contribution in [0, 0.1) is 12.8 Å². The Morgan fingerprint density at radius 2 is 2.16 bits per heavy atom. The Bertz CT molecular complexity index is 419. The normalized spacial score (nSPS) is 12.0. The van der Waals surface area contributed by atoms with Gasteiger partial charge in [0.25, 0.3) is 0 Å². The Morgan fingerprint density at radius 3 is 2.79 bits per heavy atom. The number of aryl methyl sites for hydroxylation is 1. The van der Waals surface area contributed by atoms with Crippen LogP contribution in [0.5, 0.6) is 5.75 Å². The average molecular weight is 264 g/mol. The van der Waals surface area contributed by atoms with Gasteiger partial charge in [-0.1, -0.05) is 19.1 Å². The number of benzene rings is 1. The minimum atomic E-state index is -0.0361. The first-order valence-corrected chi connectivity index (χ1v) is 6.73. The number of hydrogen-bond acceptors (Lipinski definition) is 3. The van der Waals surface area contributed by atoms with Crippen molar-refractivity contribution in [3.63, 3.8) is 0 Å². The van der Waals surface area contributed by atoms with Crippen LogP contribution >= 0.6 is 0 Å². The van der Waals surface area contributed by atoms with E-state index in [0.29, 0.717) is 19.7 Å². The van der Waals surface area contributed by atoms with Crippen molar-refractivity contribution in [1.29, 1.82) is 0 Å². The highest BCUT2D eigenvalue weighted by Crippen LogP contribution is 2.20. The third-order valence-electron chi connectivity index (χ3n) is 2.93. The summed E-state index contributed by atoms with van der Waals surface area (Å²) in [5.41, 5.74) is 2.17. The molecule has 4 heteroatoms. The molecular formula is C15H24N2O2. The molecule has 0 radical (unpaired) electrons. The van der Waals surface area contributed by atoms with Gasteiger partial charge in [0.15, 0.2) is 0 Å². The van der Waals surface area contributed by atoms with Gasteiger partial charge in [-0.05, 0) is 32.5 Å². The molecule has 19 heavy (non-hydrogen) atoms. The topological polar surface area (TPSA) is 50.4 Å². The summed E-state index contributed by atoms with van der Waals surface area (Å²) in [6.07, 6.45) is 0. The second-order valence-corrected chi connectivity index (χ2v) is 4.72. The maximum atomic E-state index is 11.9. The van der Waals surface area contributed by atoms with E-state index in [1.54, 1.807) is 0 Å². The lowest BCUT2D eigenvalue weighted by atomic mass is 10.1. The molecule has 0 aliphatic carbocycles. The molecule has 1 rings (SSSR count). The fourth-order valence-electron chi connectivity index (χ4n) is 1.85. The Kier molecular flexibility index (Phi) is 6.36. The van der Waals surface area contributed by atoms with Crippen molar-refractivity contribution in [3.05, 3.63) is 29.3 Å². The second-order valence-electron chi connectivity index (χ2n) is 4.72. The number of nitrogens with one attached hydrogen (secondary N) is 2. The molecule has 0 saturated carbocycles. The third kappa shape index (κ3) is 4.91. The molecule has 0 heterocycles. The van der Waals surface area contributed by atoms with Gasteiger partial charge < -0.3 is 15.4 Å². The predicted octanol–water partition coefficient (Wildman–Crippen LogP) is 1.87. The van der Waals surface area contributed by atoms with Gasteiger partial charge in [0.2, 0.25) is 5.91 Å². The van der Waals surface area contributed by atoms with Crippen LogP contribution in [0.25, 0.3) is 0 Å². The summed E-state index contributed by atoms with van der Waals surface area (Å²) in [4.78, 5) is 11.9. The van der Waals surface area contributed by atoms with Crippen LogP contribution in [-0.2, 0) is 11.3 Å². The van der Waals surface area contributed by atoms with Crippen LogP contribution in [0.2, 0.25) is 0 Å². The predicted molar refractivity (Wildman–Crippen MR) is 77.3 cm³/mol.